The molecule has 1 saturated carbocycles. The highest BCUT2D eigenvalue weighted by atomic mass is 32.1. The average Bonchev–Trinajstić information content (AvgIpc) is 3.10. The number of nitrogens with one attached hydrogen (secondary N) is 2. The predicted molar refractivity (Wildman–Crippen MR) is 92.0 cm³/mol. The first-order valence-electron chi connectivity index (χ1n) is 7.31. The Labute approximate surface area is 130 Å². The number of hydrogen-bond donors (Lipinski definition) is 2. The molecular weight excluding hydrogens is 278 g/mol. The van der Waals surface area contributed by atoms with Crippen LogP contribution in [0.1, 0.15) is 18.4 Å². The van der Waals surface area contributed by atoms with Crippen molar-refractivity contribution in [1.82, 2.24) is 10.7 Å². The van der Waals surface area contributed by atoms with Crippen LogP contribution in [0.3, 0.4) is 0 Å². The van der Waals surface area contributed by atoms with Crippen LogP contribution in [0.5, 0.6) is 0 Å². The summed E-state index contributed by atoms with van der Waals surface area (Å²) in [7, 11) is 0. The van der Waals surface area contributed by atoms with E-state index in [1.807, 2.05) is 42.5 Å². The number of allylic oxidation sites excluding steroid dienone is 2. The Kier molecular flexibility index (Phi) is 4.46. The summed E-state index contributed by atoms with van der Waals surface area (Å²) < 4.78 is 0. The predicted octanol–water partition coefficient (Wildman–Crippen LogP) is 3.11. The largest absolute Gasteiger partial charge is 0.358 e. The molecule has 0 heterocycles. The number of hydrazone groups is 1. The summed E-state index contributed by atoms with van der Waals surface area (Å²) in [6.07, 6.45) is 12.7. The van der Waals surface area contributed by atoms with E-state index >= 15 is 0 Å². The maximum Gasteiger partial charge on any atom is 0.187 e. The SMILES string of the molecule is S=C(N/N=C\C=C\c1ccccc1)N[C@@H]1C[C@@H]2C=C[C@@H]1C2. The van der Waals surface area contributed by atoms with Gasteiger partial charge in [0.05, 0.1) is 0 Å². The maximum atomic E-state index is 5.27. The molecule has 21 heavy (non-hydrogen) atoms. The fourth-order valence-electron chi connectivity index (χ4n) is 3.00. The van der Waals surface area contributed by atoms with Crippen molar-refractivity contribution < 1.29 is 0 Å². The fraction of sp³-hybridized carbons (Fsp3) is 0.294. The summed E-state index contributed by atoms with van der Waals surface area (Å²) in [5.41, 5.74) is 4.02. The van der Waals surface area contributed by atoms with Crippen molar-refractivity contribution in [2.75, 3.05) is 0 Å². The lowest BCUT2D eigenvalue weighted by Crippen LogP contribution is -2.41. The van der Waals surface area contributed by atoms with Crippen LogP contribution >= 0.6 is 12.2 Å². The van der Waals surface area contributed by atoms with Crippen molar-refractivity contribution in [3.05, 3.63) is 54.1 Å². The molecule has 0 aliphatic heterocycles. The molecule has 1 aromatic carbocycles. The average molecular weight is 297 g/mol. The van der Waals surface area contributed by atoms with Gasteiger partial charge in [0.15, 0.2) is 5.11 Å². The number of thiocarbonyl (C=S) groups is 1. The molecule has 3 rings (SSSR count). The van der Waals surface area contributed by atoms with Crippen LogP contribution in [0, 0.1) is 11.8 Å². The van der Waals surface area contributed by atoms with E-state index in [9.17, 15) is 0 Å². The molecule has 108 valence electrons. The van der Waals surface area contributed by atoms with E-state index in [1.54, 1.807) is 6.21 Å². The molecule has 1 fully saturated rings. The van der Waals surface area contributed by atoms with Crippen molar-refractivity contribution in [2.45, 2.75) is 18.9 Å². The minimum atomic E-state index is 0.468. The van der Waals surface area contributed by atoms with Gasteiger partial charge in [0.1, 0.15) is 0 Å². The van der Waals surface area contributed by atoms with Gasteiger partial charge in [-0.3, -0.25) is 5.43 Å². The highest BCUT2D eigenvalue weighted by Gasteiger charge is 2.35. The van der Waals surface area contributed by atoms with Gasteiger partial charge in [-0.05, 0) is 48.5 Å². The highest BCUT2D eigenvalue weighted by Crippen LogP contribution is 2.38. The first-order chi connectivity index (χ1) is 10.3. The summed E-state index contributed by atoms with van der Waals surface area (Å²) in [5.74, 6) is 1.38. The Morgan fingerprint density at radius 3 is 2.76 bits per heavy atom. The number of benzene rings is 1. The second kappa shape index (κ2) is 6.68. The van der Waals surface area contributed by atoms with Crippen molar-refractivity contribution in [3.8, 4) is 0 Å². The molecule has 2 bridgehead atoms. The Hall–Kier alpha value is -1.94. The molecule has 2 aliphatic rings. The monoisotopic (exact) mass is 297 g/mol. The minimum absolute atomic E-state index is 0.468. The van der Waals surface area contributed by atoms with Gasteiger partial charge in [-0.15, -0.1) is 0 Å². The summed E-state index contributed by atoms with van der Waals surface area (Å²) in [6, 6.07) is 10.6. The molecule has 3 nitrogen and oxygen atoms in total. The lowest BCUT2D eigenvalue weighted by molar-refractivity contribution is 0.521. The van der Waals surface area contributed by atoms with E-state index in [1.165, 1.54) is 12.8 Å². The smallest absolute Gasteiger partial charge is 0.187 e. The van der Waals surface area contributed by atoms with Gasteiger partial charge in [0, 0.05) is 12.3 Å². The van der Waals surface area contributed by atoms with Gasteiger partial charge < -0.3 is 5.32 Å². The van der Waals surface area contributed by atoms with Crippen molar-refractivity contribution in [2.24, 2.45) is 16.9 Å². The molecule has 3 atom stereocenters. The third-order valence-corrected chi connectivity index (χ3v) is 4.22. The lowest BCUT2D eigenvalue weighted by Gasteiger charge is -2.20. The van der Waals surface area contributed by atoms with E-state index in [0.717, 1.165) is 11.5 Å². The molecule has 0 amide bonds. The van der Waals surface area contributed by atoms with Crippen LogP contribution in [0.4, 0.5) is 0 Å². The highest BCUT2D eigenvalue weighted by molar-refractivity contribution is 7.80. The molecule has 1 aromatic rings. The number of hydrogen-bond acceptors (Lipinski definition) is 2. The van der Waals surface area contributed by atoms with Crippen molar-refractivity contribution in [1.29, 1.82) is 0 Å². The molecule has 0 aromatic heterocycles. The standard InChI is InChI=1S/C17H19N3S/c21-17(19-16-12-14-8-9-15(16)11-14)20-18-10-4-7-13-5-2-1-3-6-13/h1-10,14-16H,11-12H2,(H2,19,20,21)/b7-4+,18-10-/t14-,15-,16-/m1/s1. The number of fused-ring (bicyclic) bond motifs is 2. The van der Waals surface area contributed by atoms with Crippen LogP contribution < -0.4 is 10.7 Å². The van der Waals surface area contributed by atoms with Crippen LogP contribution in [0.15, 0.2) is 53.7 Å². The zero-order chi connectivity index (χ0) is 14.5. The van der Waals surface area contributed by atoms with Gasteiger partial charge in [0.25, 0.3) is 0 Å². The van der Waals surface area contributed by atoms with Gasteiger partial charge >= 0.3 is 0 Å². The maximum absolute atomic E-state index is 5.27. The molecule has 0 unspecified atom stereocenters. The van der Waals surface area contributed by atoms with Crippen LogP contribution in [0.25, 0.3) is 6.08 Å². The zero-order valence-electron chi connectivity index (χ0n) is 11.8. The Morgan fingerprint density at radius 1 is 1.19 bits per heavy atom. The molecule has 2 N–H and O–H groups in total. The second-order valence-corrected chi connectivity index (χ2v) is 5.93. The van der Waals surface area contributed by atoms with Gasteiger partial charge in [-0.25, -0.2) is 0 Å². The number of rotatable bonds is 4. The topological polar surface area (TPSA) is 36.4 Å². The van der Waals surface area contributed by atoms with E-state index in [0.29, 0.717) is 17.1 Å². The summed E-state index contributed by atoms with van der Waals surface area (Å²) in [4.78, 5) is 0. The fourth-order valence-corrected chi connectivity index (χ4v) is 3.21. The van der Waals surface area contributed by atoms with Crippen molar-refractivity contribution >= 4 is 29.6 Å². The normalized spacial score (nSPS) is 26.8. The number of nitrogens with zero attached hydrogens (tertiary/aromatic N) is 1. The molecule has 2 aliphatic carbocycles. The first-order valence-corrected chi connectivity index (χ1v) is 7.72. The first kappa shape index (κ1) is 14.0. The molecule has 0 spiro atoms. The van der Waals surface area contributed by atoms with Gasteiger partial charge in [0.2, 0.25) is 0 Å². The van der Waals surface area contributed by atoms with Crippen LogP contribution in [-0.2, 0) is 0 Å². The van der Waals surface area contributed by atoms with E-state index in [-0.39, 0.29) is 0 Å². The Balaban J connectivity index is 1.40. The molecule has 0 radical (unpaired) electrons. The third kappa shape index (κ3) is 3.79. The van der Waals surface area contributed by atoms with Gasteiger partial charge in [-0.1, -0.05) is 48.6 Å². The Morgan fingerprint density at radius 2 is 2.05 bits per heavy atom. The van der Waals surface area contributed by atoms with E-state index in [4.69, 9.17) is 12.2 Å². The summed E-state index contributed by atoms with van der Waals surface area (Å²) in [5, 5.41) is 8.06. The summed E-state index contributed by atoms with van der Waals surface area (Å²) >= 11 is 5.27. The quantitative estimate of drug-likeness (QED) is 0.388. The van der Waals surface area contributed by atoms with E-state index in [2.05, 4.69) is 28.0 Å². The van der Waals surface area contributed by atoms with E-state index < -0.39 is 0 Å². The molecular formula is C17H19N3S. The Bertz CT molecular complexity index is 577. The van der Waals surface area contributed by atoms with Crippen LogP contribution in [0.2, 0.25) is 0 Å². The zero-order valence-corrected chi connectivity index (χ0v) is 12.6. The summed E-state index contributed by atoms with van der Waals surface area (Å²) in [6.45, 7) is 0. The molecule has 4 heteroatoms. The molecule has 0 saturated heterocycles. The lowest BCUT2D eigenvalue weighted by atomic mass is 10.0. The van der Waals surface area contributed by atoms with Crippen LogP contribution in [-0.4, -0.2) is 17.4 Å². The van der Waals surface area contributed by atoms with Gasteiger partial charge in [-0.2, -0.15) is 5.10 Å². The third-order valence-electron chi connectivity index (χ3n) is 4.01. The second-order valence-electron chi connectivity index (χ2n) is 5.52. The minimum Gasteiger partial charge on any atom is -0.358 e. The van der Waals surface area contributed by atoms with Crippen molar-refractivity contribution in [3.63, 3.8) is 0 Å².